The first-order valence-corrected chi connectivity index (χ1v) is 7.55. The maximum absolute atomic E-state index is 11.7. The molecular formula is C11H24N2O2S. The van der Waals surface area contributed by atoms with Crippen molar-refractivity contribution in [3.05, 3.63) is 0 Å². The van der Waals surface area contributed by atoms with E-state index in [9.17, 15) is 8.42 Å². The smallest absolute Gasteiger partial charge is 0.202 e. The van der Waals surface area contributed by atoms with Gasteiger partial charge in [-0.1, -0.05) is 27.2 Å². The van der Waals surface area contributed by atoms with Gasteiger partial charge in [0.25, 0.3) is 10.2 Å². The molecule has 0 spiro atoms. The van der Waals surface area contributed by atoms with E-state index in [1.807, 2.05) is 0 Å². The second-order valence-corrected chi connectivity index (χ2v) is 6.89. The number of hydrogen-bond acceptors (Lipinski definition) is 2. The molecule has 1 aliphatic heterocycles. The molecule has 1 saturated heterocycles. The van der Waals surface area contributed by atoms with Crippen LogP contribution in [0, 0.1) is 11.8 Å². The van der Waals surface area contributed by atoms with Crippen LogP contribution in [0.2, 0.25) is 0 Å². The predicted molar refractivity (Wildman–Crippen MR) is 66.3 cm³/mol. The third-order valence-electron chi connectivity index (χ3n) is 3.48. The van der Waals surface area contributed by atoms with Gasteiger partial charge in [0.1, 0.15) is 0 Å². The highest BCUT2D eigenvalue weighted by Gasteiger charge is 2.36. The van der Waals surface area contributed by atoms with Crippen LogP contribution >= 0.6 is 0 Å². The Morgan fingerprint density at radius 2 is 2.06 bits per heavy atom. The van der Waals surface area contributed by atoms with Gasteiger partial charge >= 0.3 is 0 Å². The van der Waals surface area contributed by atoms with Crippen molar-refractivity contribution in [1.29, 1.82) is 0 Å². The summed E-state index contributed by atoms with van der Waals surface area (Å²) in [5.41, 5.74) is 0. The second kappa shape index (κ2) is 5.47. The van der Waals surface area contributed by atoms with Gasteiger partial charge in [0.2, 0.25) is 0 Å². The quantitative estimate of drug-likeness (QED) is 0.821. The van der Waals surface area contributed by atoms with Crippen molar-refractivity contribution < 1.29 is 8.42 Å². The minimum Gasteiger partial charge on any atom is -0.202 e. The van der Waals surface area contributed by atoms with Crippen molar-refractivity contribution in [2.24, 2.45) is 11.8 Å². The van der Waals surface area contributed by atoms with Crippen LogP contribution in [-0.4, -0.2) is 32.4 Å². The van der Waals surface area contributed by atoms with E-state index >= 15 is 0 Å². The minimum absolute atomic E-state index is 0.165. The Morgan fingerprint density at radius 1 is 1.44 bits per heavy atom. The van der Waals surface area contributed by atoms with E-state index < -0.39 is 10.2 Å². The molecule has 0 saturated carbocycles. The Labute approximate surface area is 99.6 Å². The molecule has 0 aliphatic carbocycles. The van der Waals surface area contributed by atoms with Crippen molar-refractivity contribution in [1.82, 2.24) is 9.03 Å². The van der Waals surface area contributed by atoms with E-state index in [1.165, 1.54) is 4.31 Å². The Bertz CT molecular complexity index is 314. The summed E-state index contributed by atoms with van der Waals surface area (Å²) >= 11 is 0. The first kappa shape index (κ1) is 13.9. The molecule has 1 fully saturated rings. The fourth-order valence-electron chi connectivity index (χ4n) is 2.26. The molecule has 0 aromatic rings. The molecule has 0 bridgehead atoms. The standard InChI is InChI=1S/C11H24N2O2S/c1-5-10-8-12-16(14,15)13(4)11(10)7-6-9(2)3/h9-12H,5-8H2,1-4H3. The zero-order chi connectivity index (χ0) is 12.3. The van der Waals surface area contributed by atoms with E-state index in [0.29, 0.717) is 18.4 Å². The highest BCUT2D eigenvalue weighted by Crippen LogP contribution is 2.25. The molecule has 2 atom stereocenters. The third-order valence-corrected chi connectivity index (χ3v) is 5.04. The summed E-state index contributed by atoms with van der Waals surface area (Å²) in [6.07, 6.45) is 3.07. The lowest BCUT2D eigenvalue weighted by Gasteiger charge is -2.38. The first-order valence-electron chi connectivity index (χ1n) is 6.11. The normalized spacial score (nSPS) is 30.8. The summed E-state index contributed by atoms with van der Waals surface area (Å²) in [5, 5.41) is 0. The highest BCUT2D eigenvalue weighted by atomic mass is 32.2. The average molecular weight is 248 g/mol. The van der Waals surface area contributed by atoms with Crippen LogP contribution in [-0.2, 0) is 10.2 Å². The molecule has 16 heavy (non-hydrogen) atoms. The maximum atomic E-state index is 11.7. The lowest BCUT2D eigenvalue weighted by molar-refractivity contribution is 0.211. The monoisotopic (exact) mass is 248 g/mol. The molecule has 96 valence electrons. The summed E-state index contributed by atoms with van der Waals surface area (Å²) in [4.78, 5) is 0. The first-order chi connectivity index (χ1) is 7.38. The zero-order valence-corrected chi connectivity index (χ0v) is 11.5. The zero-order valence-electron chi connectivity index (χ0n) is 10.7. The topological polar surface area (TPSA) is 49.4 Å². The maximum Gasteiger partial charge on any atom is 0.279 e. The predicted octanol–water partition coefficient (Wildman–Crippen LogP) is 1.60. The van der Waals surface area contributed by atoms with Crippen LogP contribution in [0.5, 0.6) is 0 Å². The van der Waals surface area contributed by atoms with Gasteiger partial charge in [-0.2, -0.15) is 12.7 Å². The number of hydrogen-bond donors (Lipinski definition) is 1. The molecule has 4 nitrogen and oxygen atoms in total. The van der Waals surface area contributed by atoms with E-state index in [4.69, 9.17) is 0 Å². The molecule has 0 aromatic heterocycles. The molecule has 0 aromatic carbocycles. The lowest BCUT2D eigenvalue weighted by Crippen LogP contribution is -2.55. The van der Waals surface area contributed by atoms with Crippen molar-refractivity contribution in [3.8, 4) is 0 Å². The number of rotatable bonds is 4. The van der Waals surface area contributed by atoms with Crippen LogP contribution in [0.15, 0.2) is 0 Å². The molecule has 1 N–H and O–H groups in total. The van der Waals surface area contributed by atoms with Gasteiger partial charge in [-0.3, -0.25) is 0 Å². The van der Waals surface area contributed by atoms with Gasteiger partial charge in [-0.25, -0.2) is 4.72 Å². The van der Waals surface area contributed by atoms with Crippen LogP contribution in [0.1, 0.15) is 40.0 Å². The fourth-order valence-corrected chi connectivity index (χ4v) is 3.53. The molecule has 1 heterocycles. The van der Waals surface area contributed by atoms with Crippen LogP contribution < -0.4 is 4.72 Å². The summed E-state index contributed by atoms with van der Waals surface area (Å²) in [5.74, 6) is 1.07. The second-order valence-electron chi connectivity index (χ2n) is 5.08. The van der Waals surface area contributed by atoms with Crippen LogP contribution in [0.3, 0.4) is 0 Å². The van der Waals surface area contributed by atoms with E-state index in [2.05, 4.69) is 25.5 Å². The largest absolute Gasteiger partial charge is 0.279 e. The van der Waals surface area contributed by atoms with Crippen molar-refractivity contribution in [2.75, 3.05) is 13.6 Å². The average Bonchev–Trinajstić information content (AvgIpc) is 2.20. The minimum atomic E-state index is -3.22. The Hall–Kier alpha value is -0.130. The van der Waals surface area contributed by atoms with E-state index in [-0.39, 0.29) is 6.04 Å². The van der Waals surface area contributed by atoms with Gasteiger partial charge in [-0.05, 0) is 24.7 Å². The number of nitrogens with one attached hydrogen (secondary N) is 1. The van der Waals surface area contributed by atoms with Gasteiger partial charge < -0.3 is 0 Å². The molecule has 1 aliphatic rings. The van der Waals surface area contributed by atoms with Crippen molar-refractivity contribution >= 4 is 10.2 Å². The Balaban J connectivity index is 2.73. The van der Waals surface area contributed by atoms with Gasteiger partial charge in [0.05, 0.1) is 0 Å². The molecule has 2 unspecified atom stereocenters. The van der Waals surface area contributed by atoms with E-state index in [1.54, 1.807) is 7.05 Å². The molecule has 0 amide bonds. The molecule has 1 rings (SSSR count). The van der Waals surface area contributed by atoms with Crippen molar-refractivity contribution in [2.45, 2.75) is 46.1 Å². The van der Waals surface area contributed by atoms with Gasteiger partial charge in [-0.15, -0.1) is 0 Å². The summed E-state index contributed by atoms with van der Waals surface area (Å²) < 4.78 is 27.6. The van der Waals surface area contributed by atoms with Crippen LogP contribution in [0.25, 0.3) is 0 Å². The molecule has 5 heteroatoms. The SMILES string of the molecule is CCC1CNS(=O)(=O)N(C)C1CCC(C)C. The van der Waals surface area contributed by atoms with E-state index in [0.717, 1.165) is 19.3 Å². The van der Waals surface area contributed by atoms with Gasteiger partial charge in [0, 0.05) is 19.6 Å². The Kier molecular flexibility index (Phi) is 4.76. The molecular weight excluding hydrogens is 224 g/mol. The molecule has 0 radical (unpaired) electrons. The van der Waals surface area contributed by atoms with Gasteiger partial charge in [0.15, 0.2) is 0 Å². The highest BCUT2D eigenvalue weighted by molar-refractivity contribution is 7.87. The fraction of sp³-hybridized carbons (Fsp3) is 1.00. The summed E-state index contributed by atoms with van der Waals surface area (Å²) in [6.45, 7) is 7.07. The van der Waals surface area contributed by atoms with Crippen molar-refractivity contribution in [3.63, 3.8) is 0 Å². The third kappa shape index (κ3) is 3.18. The lowest BCUT2D eigenvalue weighted by atomic mass is 9.91. The Morgan fingerprint density at radius 3 is 2.56 bits per heavy atom. The number of nitrogens with zero attached hydrogens (tertiary/aromatic N) is 1. The summed E-state index contributed by atoms with van der Waals surface area (Å²) in [7, 11) is -1.53. The van der Waals surface area contributed by atoms with Crippen LogP contribution in [0.4, 0.5) is 0 Å². The summed E-state index contributed by atoms with van der Waals surface area (Å²) in [6, 6.07) is 0.165.